The maximum Gasteiger partial charge on any atom is 0.306 e. The van der Waals surface area contributed by atoms with Crippen LogP contribution in [0.25, 0.3) is 0 Å². The highest BCUT2D eigenvalue weighted by Gasteiger charge is 2.60. The number of esters is 2. The van der Waals surface area contributed by atoms with E-state index in [1.807, 2.05) is 0 Å². The summed E-state index contributed by atoms with van der Waals surface area (Å²) in [5.41, 5.74) is 0.682. The van der Waals surface area contributed by atoms with Crippen LogP contribution in [0.15, 0.2) is 0 Å². The zero-order valence-corrected chi connectivity index (χ0v) is 18.9. The Morgan fingerprint density at radius 3 is 2.62 bits per heavy atom. The molecule has 1 saturated heterocycles. The van der Waals surface area contributed by atoms with Gasteiger partial charge in [0.15, 0.2) is 0 Å². The molecule has 0 N–H and O–H groups in total. The van der Waals surface area contributed by atoms with Gasteiger partial charge in [-0.25, -0.2) is 0 Å². The molecule has 164 valence electrons. The van der Waals surface area contributed by atoms with Crippen LogP contribution >= 0.6 is 0 Å². The van der Waals surface area contributed by atoms with Crippen LogP contribution in [-0.2, 0) is 19.1 Å². The molecule has 0 aromatic rings. The van der Waals surface area contributed by atoms with Gasteiger partial charge in [-0.3, -0.25) is 9.59 Å². The molecular weight excluding hydrogens is 364 g/mol. The number of methoxy groups -OCH3 is 1. The van der Waals surface area contributed by atoms with E-state index in [1.54, 1.807) is 0 Å². The molecule has 29 heavy (non-hydrogen) atoms. The molecular formula is C25H40O4. The minimum atomic E-state index is -0.0726. The van der Waals surface area contributed by atoms with Gasteiger partial charge in [-0.15, -0.1) is 0 Å². The van der Waals surface area contributed by atoms with E-state index in [1.165, 1.54) is 45.6 Å². The van der Waals surface area contributed by atoms with Crippen molar-refractivity contribution < 1.29 is 19.1 Å². The van der Waals surface area contributed by atoms with Crippen molar-refractivity contribution in [3.63, 3.8) is 0 Å². The summed E-state index contributed by atoms with van der Waals surface area (Å²) in [7, 11) is 1.49. The lowest BCUT2D eigenvalue weighted by atomic mass is 9.46. The summed E-state index contributed by atoms with van der Waals surface area (Å²) >= 11 is 0. The summed E-state index contributed by atoms with van der Waals surface area (Å²) < 4.78 is 10.3. The third-order valence-electron chi connectivity index (χ3n) is 10.2. The van der Waals surface area contributed by atoms with Gasteiger partial charge in [0.05, 0.1) is 13.7 Å². The van der Waals surface area contributed by atoms with Gasteiger partial charge in [-0.2, -0.15) is 0 Å². The Morgan fingerprint density at radius 1 is 1.10 bits per heavy atom. The summed E-state index contributed by atoms with van der Waals surface area (Å²) in [6.45, 7) is 8.02. The third-order valence-corrected chi connectivity index (χ3v) is 10.2. The first kappa shape index (κ1) is 21.2. The Hall–Kier alpha value is -1.06. The minimum Gasteiger partial charge on any atom is -0.469 e. The highest BCUT2D eigenvalue weighted by molar-refractivity contribution is 5.70. The molecule has 0 spiro atoms. The van der Waals surface area contributed by atoms with Crippen molar-refractivity contribution in [1.29, 1.82) is 0 Å². The number of fused-ring (bicyclic) bond motifs is 5. The predicted octanol–water partition coefficient (Wildman–Crippen LogP) is 5.39. The van der Waals surface area contributed by atoms with E-state index in [2.05, 4.69) is 20.8 Å². The zero-order valence-electron chi connectivity index (χ0n) is 18.9. The van der Waals surface area contributed by atoms with Crippen molar-refractivity contribution in [3.05, 3.63) is 0 Å². The molecule has 1 heterocycles. The smallest absolute Gasteiger partial charge is 0.306 e. The van der Waals surface area contributed by atoms with E-state index in [0.29, 0.717) is 36.7 Å². The van der Waals surface area contributed by atoms with Crippen LogP contribution < -0.4 is 0 Å². The van der Waals surface area contributed by atoms with E-state index in [0.717, 1.165) is 36.5 Å². The topological polar surface area (TPSA) is 52.6 Å². The van der Waals surface area contributed by atoms with E-state index in [-0.39, 0.29) is 17.4 Å². The van der Waals surface area contributed by atoms with Crippen molar-refractivity contribution in [3.8, 4) is 0 Å². The lowest BCUT2D eigenvalue weighted by Gasteiger charge is -2.59. The van der Waals surface area contributed by atoms with Crippen molar-refractivity contribution in [1.82, 2.24) is 0 Å². The summed E-state index contributed by atoms with van der Waals surface area (Å²) in [5.74, 6) is 4.14. The summed E-state index contributed by atoms with van der Waals surface area (Å²) in [6.07, 6.45) is 10.9. The molecule has 0 bridgehead atoms. The fraction of sp³-hybridized carbons (Fsp3) is 0.920. The van der Waals surface area contributed by atoms with Crippen molar-refractivity contribution >= 4 is 11.9 Å². The first-order valence-corrected chi connectivity index (χ1v) is 12.0. The highest BCUT2D eigenvalue weighted by Crippen LogP contribution is 2.67. The Balaban J connectivity index is 1.50. The van der Waals surface area contributed by atoms with Crippen molar-refractivity contribution in [2.24, 2.45) is 46.3 Å². The average molecular weight is 405 g/mol. The Kier molecular flexibility index (Phi) is 5.76. The Morgan fingerprint density at radius 2 is 1.86 bits per heavy atom. The average Bonchev–Trinajstić information content (AvgIpc) is 2.97. The number of hydrogen-bond acceptors (Lipinski definition) is 4. The molecule has 0 aromatic carbocycles. The van der Waals surface area contributed by atoms with E-state index < -0.39 is 0 Å². The van der Waals surface area contributed by atoms with Crippen LogP contribution in [0.4, 0.5) is 0 Å². The van der Waals surface area contributed by atoms with Crippen LogP contribution in [0.3, 0.4) is 0 Å². The SMILES string of the molecule is COC(=O)CC[C@@H](C)[C@H]1CC[C@H]2[C@@H]3CC[C@@H]4CC(=O)OCC[C@]4(C)[C@H]3CC[C@]12C. The number of carbonyl (C=O) groups is 2. The minimum absolute atomic E-state index is 0.0261. The molecule has 0 radical (unpaired) electrons. The monoisotopic (exact) mass is 404 g/mol. The highest BCUT2D eigenvalue weighted by atomic mass is 16.5. The zero-order chi connectivity index (χ0) is 20.8. The summed E-state index contributed by atoms with van der Waals surface area (Å²) in [5, 5.41) is 0. The molecule has 4 fully saturated rings. The van der Waals surface area contributed by atoms with Gasteiger partial charge in [0, 0.05) is 12.8 Å². The predicted molar refractivity (Wildman–Crippen MR) is 112 cm³/mol. The van der Waals surface area contributed by atoms with Crippen LogP contribution in [0.2, 0.25) is 0 Å². The maximum absolute atomic E-state index is 12.1. The maximum atomic E-state index is 12.1. The normalized spacial score (nSPS) is 45.2. The van der Waals surface area contributed by atoms with Gasteiger partial charge in [0.25, 0.3) is 0 Å². The Labute approximate surface area is 176 Å². The number of cyclic esters (lactones) is 1. The van der Waals surface area contributed by atoms with Crippen LogP contribution in [0, 0.1) is 46.3 Å². The van der Waals surface area contributed by atoms with Crippen molar-refractivity contribution in [2.75, 3.05) is 13.7 Å². The lowest BCUT2D eigenvalue weighted by Crippen LogP contribution is -2.52. The fourth-order valence-corrected chi connectivity index (χ4v) is 8.53. The molecule has 3 aliphatic carbocycles. The molecule has 4 aliphatic rings. The quantitative estimate of drug-likeness (QED) is 0.590. The summed E-state index contributed by atoms with van der Waals surface area (Å²) in [6, 6.07) is 0. The molecule has 4 heteroatoms. The molecule has 4 nitrogen and oxygen atoms in total. The number of rotatable bonds is 4. The first-order valence-electron chi connectivity index (χ1n) is 12.0. The van der Waals surface area contributed by atoms with Gasteiger partial charge in [0.2, 0.25) is 0 Å². The third kappa shape index (κ3) is 3.53. The fourth-order valence-electron chi connectivity index (χ4n) is 8.53. The summed E-state index contributed by atoms with van der Waals surface area (Å²) in [4.78, 5) is 23.7. The number of hydrogen-bond donors (Lipinski definition) is 0. The van der Waals surface area contributed by atoms with Crippen LogP contribution in [0.1, 0.15) is 85.0 Å². The second-order valence-electron chi connectivity index (χ2n) is 11.2. The van der Waals surface area contributed by atoms with E-state index in [9.17, 15) is 9.59 Å². The first-order chi connectivity index (χ1) is 13.8. The molecule has 8 atom stereocenters. The second-order valence-corrected chi connectivity index (χ2v) is 11.2. The molecule has 1 aliphatic heterocycles. The Bertz CT molecular complexity index is 645. The number of carbonyl (C=O) groups excluding carboxylic acids is 2. The van der Waals surface area contributed by atoms with Gasteiger partial charge < -0.3 is 9.47 Å². The van der Waals surface area contributed by atoms with Crippen LogP contribution in [-0.4, -0.2) is 25.7 Å². The van der Waals surface area contributed by atoms with E-state index >= 15 is 0 Å². The standard InChI is InChI=1S/C25H40O4/c1-16(5-10-22(26)28-4)19-8-9-20-18-7-6-17-15-23(27)29-14-13-24(17,2)21(18)11-12-25(19,20)3/h16-21H,5-15H2,1-4H3/t16-,17-,18+,19-,20+,21+,24+,25-/m1/s1. The molecule has 0 amide bonds. The molecule has 3 saturated carbocycles. The van der Waals surface area contributed by atoms with Gasteiger partial charge >= 0.3 is 11.9 Å². The van der Waals surface area contributed by atoms with Crippen molar-refractivity contribution in [2.45, 2.75) is 85.0 Å². The number of ether oxygens (including phenoxy) is 2. The molecule has 0 aromatic heterocycles. The van der Waals surface area contributed by atoms with Gasteiger partial charge in [-0.05, 0) is 97.7 Å². The van der Waals surface area contributed by atoms with E-state index in [4.69, 9.17) is 9.47 Å². The van der Waals surface area contributed by atoms with Gasteiger partial charge in [0.1, 0.15) is 0 Å². The second kappa shape index (κ2) is 7.89. The van der Waals surface area contributed by atoms with Crippen LogP contribution in [0.5, 0.6) is 0 Å². The molecule has 4 rings (SSSR count). The largest absolute Gasteiger partial charge is 0.469 e. The lowest BCUT2D eigenvalue weighted by molar-refractivity contribution is -0.144. The van der Waals surface area contributed by atoms with Gasteiger partial charge in [-0.1, -0.05) is 20.8 Å². The molecule has 0 unspecified atom stereocenters.